The number of nitrogens with two attached hydrogens (primary N) is 1. The van der Waals surface area contributed by atoms with Crippen LogP contribution in [-0.2, 0) is 4.74 Å². The summed E-state index contributed by atoms with van der Waals surface area (Å²) in [6.07, 6.45) is 2.09. The number of hydrogen-bond acceptors (Lipinski definition) is 8. The molecule has 0 bridgehead atoms. The van der Waals surface area contributed by atoms with Crippen molar-refractivity contribution in [2.24, 2.45) is 5.92 Å². The van der Waals surface area contributed by atoms with Crippen LogP contribution in [0.3, 0.4) is 0 Å². The summed E-state index contributed by atoms with van der Waals surface area (Å²) < 4.78 is 11.1. The van der Waals surface area contributed by atoms with E-state index in [1.807, 2.05) is 19.9 Å². The van der Waals surface area contributed by atoms with E-state index in [0.717, 1.165) is 16.8 Å². The molecule has 1 aromatic carbocycles. The second-order valence-corrected chi connectivity index (χ2v) is 8.58. The van der Waals surface area contributed by atoms with E-state index in [4.69, 9.17) is 15.2 Å². The molecule has 2 aromatic heterocycles. The molecule has 0 spiro atoms. The van der Waals surface area contributed by atoms with Crippen LogP contribution < -0.4 is 20.7 Å². The molecule has 4 heterocycles. The Labute approximate surface area is 195 Å². The molecule has 174 valence electrons. The lowest BCUT2D eigenvalue weighted by molar-refractivity contribution is 0.181. The van der Waals surface area contributed by atoms with Crippen LogP contribution in [0.25, 0.3) is 21.9 Å². The summed E-state index contributed by atoms with van der Waals surface area (Å²) >= 11 is 0. The molecular weight excluding hydrogens is 436 g/mol. The first kappa shape index (κ1) is 21.7. The number of ether oxygens (including phenoxy) is 2. The van der Waals surface area contributed by atoms with Gasteiger partial charge in [0.15, 0.2) is 0 Å². The number of aromatic nitrogens is 2. The van der Waals surface area contributed by atoms with Crippen molar-refractivity contribution in [1.29, 1.82) is 5.26 Å². The van der Waals surface area contributed by atoms with Gasteiger partial charge < -0.3 is 25.6 Å². The van der Waals surface area contributed by atoms with Gasteiger partial charge in [-0.3, -0.25) is 4.90 Å². The van der Waals surface area contributed by atoms with Crippen LogP contribution in [0.2, 0.25) is 0 Å². The predicted octanol–water partition coefficient (Wildman–Crippen LogP) is 3.38. The molecule has 1 saturated heterocycles. The Morgan fingerprint density at radius 1 is 1.29 bits per heavy atom. The Bertz CT molecular complexity index is 1350. The molecule has 0 radical (unpaired) electrons. The zero-order valence-corrected chi connectivity index (χ0v) is 18.8. The fourth-order valence-corrected chi connectivity index (χ4v) is 4.66. The Morgan fingerprint density at radius 2 is 2.12 bits per heavy atom. The minimum atomic E-state index is -1.10. The Kier molecular flexibility index (Phi) is 5.34. The van der Waals surface area contributed by atoms with E-state index >= 15 is 0 Å². The summed E-state index contributed by atoms with van der Waals surface area (Å²) in [6.45, 7) is 5.88. The molecule has 34 heavy (non-hydrogen) atoms. The Hall–Kier alpha value is -4.10. The van der Waals surface area contributed by atoms with E-state index in [2.05, 4.69) is 21.4 Å². The molecule has 10 heteroatoms. The molecule has 0 aliphatic carbocycles. The lowest BCUT2D eigenvalue weighted by atomic mass is 9.93. The summed E-state index contributed by atoms with van der Waals surface area (Å²) in [5.74, 6) is 0.846. The van der Waals surface area contributed by atoms with Gasteiger partial charge in [-0.1, -0.05) is 6.92 Å². The van der Waals surface area contributed by atoms with Crippen molar-refractivity contribution in [3.63, 3.8) is 0 Å². The summed E-state index contributed by atoms with van der Waals surface area (Å²) in [5.41, 5.74) is 10.0. The molecule has 10 nitrogen and oxygen atoms in total. The van der Waals surface area contributed by atoms with E-state index < -0.39 is 6.09 Å². The quantitative estimate of drug-likeness (QED) is 0.500. The zero-order valence-electron chi connectivity index (χ0n) is 18.8. The number of benzene rings is 1. The van der Waals surface area contributed by atoms with Crippen LogP contribution in [0.4, 0.5) is 22.0 Å². The van der Waals surface area contributed by atoms with E-state index in [1.165, 1.54) is 11.1 Å². The number of rotatable bonds is 3. The van der Waals surface area contributed by atoms with Gasteiger partial charge in [-0.15, -0.1) is 0 Å². The fourth-order valence-electron chi connectivity index (χ4n) is 4.66. The number of carbonyl (C=O) groups is 1. The number of nitrogens with zero attached hydrogens (tertiary/aromatic N) is 4. The maximum Gasteiger partial charge on any atom is 0.413 e. The van der Waals surface area contributed by atoms with Gasteiger partial charge in [-0.05, 0) is 30.0 Å². The number of pyridine rings is 2. The number of nitrogens with one attached hydrogen (secondary N) is 1. The van der Waals surface area contributed by atoms with Crippen molar-refractivity contribution in [2.75, 3.05) is 42.3 Å². The lowest BCUT2D eigenvalue weighted by Gasteiger charge is -2.27. The third-order valence-corrected chi connectivity index (χ3v) is 6.51. The third-order valence-electron chi connectivity index (χ3n) is 6.51. The first-order chi connectivity index (χ1) is 16.4. The molecule has 0 saturated carbocycles. The summed E-state index contributed by atoms with van der Waals surface area (Å²) in [4.78, 5) is 22.2. The average molecular weight is 460 g/mol. The molecular formula is C24H24N6O4. The first-order valence-electron chi connectivity index (χ1n) is 11.0. The van der Waals surface area contributed by atoms with E-state index in [1.54, 1.807) is 12.3 Å². The Morgan fingerprint density at radius 3 is 2.82 bits per heavy atom. The van der Waals surface area contributed by atoms with Gasteiger partial charge in [0.05, 0.1) is 30.5 Å². The van der Waals surface area contributed by atoms with Gasteiger partial charge in [0, 0.05) is 41.4 Å². The van der Waals surface area contributed by atoms with Crippen LogP contribution in [-0.4, -0.2) is 53.6 Å². The highest BCUT2D eigenvalue weighted by Crippen LogP contribution is 2.40. The largest absolute Gasteiger partial charge is 0.474 e. The second-order valence-electron chi connectivity index (χ2n) is 8.58. The topological polar surface area (TPSA) is 147 Å². The fraction of sp³-hybridized carbons (Fsp3) is 0.333. The van der Waals surface area contributed by atoms with Crippen LogP contribution in [0.15, 0.2) is 24.5 Å². The van der Waals surface area contributed by atoms with Crippen LogP contribution in [0.1, 0.15) is 18.1 Å². The van der Waals surface area contributed by atoms with E-state index in [9.17, 15) is 15.2 Å². The molecule has 3 aromatic rings. The number of nitriles is 1. The summed E-state index contributed by atoms with van der Waals surface area (Å²) in [6, 6.07) is 5.41. The third kappa shape index (κ3) is 3.41. The highest BCUT2D eigenvalue weighted by atomic mass is 16.5. The molecule has 2 aliphatic heterocycles. The van der Waals surface area contributed by atoms with Crippen LogP contribution >= 0.6 is 0 Å². The van der Waals surface area contributed by atoms with Crippen molar-refractivity contribution < 1.29 is 19.4 Å². The highest BCUT2D eigenvalue weighted by Gasteiger charge is 2.35. The maximum absolute atomic E-state index is 12.1. The van der Waals surface area contributed by atoms with Crippen molar-refractivity contribution in [2.45, 2.75) is 19.9 Å². The molecule has 2 atom stereocenters. The van der Waals surface area contributed by atoms with Crippen molar-refractivity contribution in [3.05, 3.63) is 35.7 Å². The summed E-state index contributed by atoms with van der Waals surface area (Å²) in [7, 11) is 0. The average Bonchev–Trinajstić information content (AvgIpc) is 3.24. The zero-order chi connectivity index (χ0) is 24.0. The van der Waals surface area contributed by atoms with E-state index in [0.29, 0.717) is 54.1 Å². The van der Waals surface area contributed by atoms with Gasteiger partial charge in [0.1, 0.15) is 24.2 Å². The van der Waals surface area contributed by atoms with Crippen LogP contribution in [0.5, 0.6) is 5.88 Å². The Balaban J connectivity index is 1.68. The monoisotopic (exact) mass is 460 g/mol. The minimum absolute atomic E-state index is 0.0362. The SMILES string of the molecule is Cc1c(-c2cc3cc(N(C(=O)O)[C@@H]4COC[C@@H]4C)ncc3c(N)c2C#N)cnc2c1NCCO2. The smallest absolute Gasteiger partial charge is 0.413 e. The van der Waals surface area contributed by atoms with Gasteiger partial charge in [0.25, 0.3) is 0 Å². The van der Waals surface area contributed by atoms with Gasteiger partial charge in [-0.25, -0.2) is 14.8 Å². The normalized spacial score (nSPS) is 19.1. The number of fused-ring (bicyclic) bond motifs is 2. The maximum atomic E-state index is 12.1. The predicted molar refractivity (Wildman–Crippen MR) is 127 cm³/mol. The second kappa shape index (κ2) is 8.35. The van der Waals surface area contributed by atoms with Crippen molar-refractivity contribution in [3.8, 4) is 23.1 Å². The molecule has 0 unspecified atom stereocenters. The van der Waals surface area contributed by atoms with Gasteiger partial charge >= 0.3 is 6.09 Å². The molecule has 1 amide bonds. The number of amides is 1. The standard InChI is InChI=1S/C24H24N6O4/c1-12-10-33-11-19(12)30(24(31)32)20-6-14-5-15(16(7-25)21(26)18(14)9-28-20)17-8-29-23-22(13(17)2)27-3-4-34-23/h5-6,8-9,12,19,27H,3-4,10-11,26H2,1-2H3,(H,31,32)/t12-,19+/m0/s1. The van der Waals surface area contributed by atoms with E-state index in [-0.39, 0.29) is 23.5 Å². The number of anilines is 3. The highest BCUT2D eigenvalue weighted by molar-refractivity contribution is 6.02. The number of nitrogen functional groups attached to an aromatic ring is 1. The van der Waals surface area contributed by atoms with Gasteiger partial charge in [-0.2, -0.15) is 5.26 Å². The molecule has 4 N–H and O–H groups in total. The summed E-state index contributed by atoms with van der Waals surface area (Å²) in [5, 5.41) is 24.4. The first-order valence-corrected chi connectivity index (χ1v) is 11.0. The van der Waals surface area contributed by atoms with Gasteiger partial charge in [0.2, 0.25) is 5.88 Å². The molecule has 2 aliphatic rings. The molecule has 1 fully saturated rings. The van der Waals surface area contributed by atoms with Crippen molar-refractivity contribution in [1.82, 2.24) is 9.97 Å². The van der Waals surface area contributed by atoms with Crippen molar-refractivity contribution >= 4 is 34.1 Å². The minimum Gasteiger partial charge on any atom is -0.474 e. The molecule has 5 rings (SSSR count). The number of carboxylic acid groups (broad SMARTS) is 1. The number of hydrogen-bond donors (Lipinski definition) is 3. The lowest BCUT2D eigenvalue weighted by Crippen LogP contribution is -2.43. The van der Waals surface area contributed by atoms with Crippen LogP contribution in [0, 0.1) is 24.2 Å².